The number of allylic oxidation sites excluding steroid dienone is 1. The summed E-state index contributed by atoms with van der Waals surface area (Å²) in [5, 5.41) is 0. The number of unbranched alkanes of at least 4 members (excludes halogenated alkanes) is 1. The van der Waals surface area contributed by atoms with Crippen molar-refractivity contribution in [3.05, 3.63) is 12.2 Å². The molecular weight excluding hydrogens is 188 g/mol. The van der Waals surface area contributed by atoms with E-state index in [9.17, 15) is 4.79 Å². The summed E-state index contributed by atoms with van der Waals surface area (Å²) in [4.78, 5) is 11.4. The second kappa shape index (κ2) is 7.49. The minimum atomic E-state index is -0.0250. The molecule has 0 aromatic rings. The molecule has 1 aliphatic carbocycles. The normalized spacial score (nSPS) is 17.4. The fraction of sp³-hybridized carbons (Fsp3) is 0.769. The van der Waals surface area contributed by atoms with E-state index in [-0.39, 0.29) is 5.97 Å². The molecule has 1 rings (SSSR count). The maximum Gasteiger partial charge on any atom is 0.306 e. The Balaban J connectivity index is 2.02. The van der Waals surface area contributed by atoms with Crippen LogP contribution >= 0.6 is 0 Å². The van der Waals surface area contributed by atoms with Crippen molar-refractivity contribution in [1.82, 2.24) is 0 Å². The second-order valence-electron chi connectivity index (χ2n) is 4.30. The van der Waals surface area contributed by atoms with Crippen molar-refractivity contribution >= 4 is 5.97 Å². The molecule has 0 aliphatic heterocycles. The highest BCUT2D eigenvalue weighted by Gasteiger charge is 2.18. The summed E-state index contributed by atoms with van der Waals surface area (Å²) < 4.78 is 5.12. The van der Waals surface area contributed by atoms with E-state index in [1.165, 1.54) is 25.7 Å². The Bertz CT molecular complexity index is 203. The summed E-state index contributed by atoms with van der Waals surface area (Å²) >= 11 is 0. The molecule has 1 fully saturated rings. The van der Waals surface area contributed by atoms with Crippen LogP contribution in [0.1, 0.15) is 51.9 Å². The van der Waals surface area contributed by atoms with Gasteiger partial charge in [-0.25, -0.2) is 0 Å². The van der Waals surface area contributed by atoms with Crippen LogP contribution in [0, 0.1) is 5.92 Å². The molecule has 0 bridgehead atoms. The number of carbonyl (C=O) groups excluding carboxylic acids is 1. The third-order valence-corrected chi connectivity index (χ3v) is 2.89. The van der Waals surface area contributed by atoms with Crippen molar-refractivity contribution in [3.63, 3.8) is 0 Å². The minimum Gasteiger partial charge on any atom is -0.461 e. The van der Waals surface area contributed by atoms with Crippen LogP contribution in [0.5, 0.6) is 0 Å². The Kier molecular flexibility index (Phi) is 6.14. The zero-order valence-corrected chi connectivity index (χ0v) is 9.71. The molecule has 0 heterocycles. The van der Waals surface area contributed by atoms with Gasteiger partial charge in [0.05, 0.1) is 0 Å². The van der Waals surface area contributed by atoms with Crippen LogP contribution in [0.2, 0.25) is 0 Å². The van der Waals surface area contributed by atoms with Crippen molar-refractivity contribution in [1.29, 1.82) is 0 Å². The van der Waals surface area contributed by atoms with Gasteiger partial charge in [-0.2, -0.15) is 0 Å². The quantitative estimate of drug-likeness (QED) is 0.495. The molecule has 0 atom stereocenters. The molecule has 2 nitrogen and oxygen atoms in total. The van der Waals surface area contributed by atoms with E-state index in [0.29, 0.717) is 18.9 Å². The first-order chi connectivity index (χ1) is 7.33. The molecule has 0 aromatic carbocycles. The largest absolute Gasteiger partial charge is 0.461 e. The zero-order chi connectivity index (χ0) is 10.9. The van der Waals surface area contributed by atoms with Crippen molar-refractivity contribution in [2.45, 2.75) is 51.9 Å². The molecule has 0 unspecified atom stereocenters. The summed E-state index contributed by atoms with van der Waals surface area (Å²) in [5.74, 6) is 0.570. The highest BCUT2D eigenvalue weighted by atomic mass is 16.5. The Morgan fingerprint density at radius 2 is 2.07 bits per heavy atom. The maximum atomic E-state index is 11.4. The van der Waals surface area contributed by atoms with Gasteiger partial charge in [-0.15, -0.1) is 0 Å². The van der Waals surface area contributed by atoms with Crippen LogP contribution in [0.25, 0.3) is 0 Å². The van der Waals surface area contributed by atoms with E-state index in [1.807, 2.05) is 6.08 Å². The first kappa shape index (κ1) is 12.3. The van der Waals surface area contributed by atoms with Gasteiger partial charge in [0.25, 0.3) is 0 Å². The number of rotatable bonds is 6. The lowest BCUT2D eigenvalue weighted by molar-refractivity contribution is -0.143. The first-order valence-corrected chi connectivity index (χ1v) is 6.13. The van der Waals surface area contributed by atoms with Gasteiger partial charge in [0.2, 0.25) is 0 Å². The fourth-order valence-corrected chi connectivity index (χ4v) is 2.00. The average Bonchev–Trinajstić information content (AvgIpc) is 2.70. The van der Waals surface area contributed by atoms with Crippen molar-refractivity contribution in [2.24, 2.45) is 5.92 Å². The smallest absolute Gasteiger partial charge is 0.306 e. The van der Waals surface area contributed by atoms with Gasteiger partial charge in [-0.3, -0.25) is 4.79 Å². The van der Waals surface area contributed by atoms with Gasteiger partial charge < -0.3 is 4.74 Å². The van der Waals surface area contributed by atoms with Crippen LogP contribution < -0.4 is 0 Å². The molecule has 2 heteroatoms. The summed E-state index contributed by atoms with van der Waals surface area (Å²) in [6, 6.07) is 0. The first-order valence-electron chi connectivity index (χ1n) is 6.13. The SMILES string of the molecule is CCCC=CCOC(=O)CC1CCCC1. The Morgan fingerprint density at radius 3 is 2.73 bits per heavy atom. The van der Waals surface area contributed by atoms with E-state index in [4.69, 9.17) is 4.74 Å². The predicted molar refractivity (Wildman–Crippen MR) is 61.6 cm³/mol. The number of ether oxygens (including phenoxy) is 1. The summed E-state index contributed by atoms with van der Waals surface area (Å²) in [7, 11) is 0. The van der Waals surface area contributed by atoms with Crippen LogP contribution in [0.4, 0.5) is 0 Å². The molecule has 0 saturated heterocycles. The molecule has 0 amide bonds. The summed E-state index contributed by atoms with van der Waals surface area (Å²) in [6.45, 7) is 2.59. The lowest BCUT2D eigenvalue weighted by atomic mass is 10.1. The van der Waals surface area contributed by atoms with Gasteiger partial charge >= 0.3 is 5.97 Å². The molecule has 15 heavy (non-hydrogen) atoms. The van der Waals surface area contributed by atoms with E-state index in [2.05, 4.69) is 13.0 Å². The summed E-state index contributed by atoms with van der Waals surface area (Å²) in [6.07, 6.45) is 11.8. The molecule has 1 saturated carbocycles. The second-order valence-corrected chi connectivity index (χ2v) is 4.30. The van der Waals surface area contributed by atoms with Gasteiger partial charge in [0, 0.05) is 6.42 Å². The lowest BCUT2D eigenvalue weighted by Crippen LogP contribution is -2.09. The Morgan fingerprint density at radius 1 is 1.33 bits per heavy atom. The minimum absolute atomic E-state index is 0.0250. The standard InChI is InChI=1S/C13H22O2/c1-2-3-4-7-10-15-13(14)11-12-8-5-6-9-12/h4,7,12H,2-3,5-6,8-11H2,1H3. The molecule has 0 N–H and O–H groups in total. The average molecular weight is 210 g/mol. The highest BCUT2D eigenvalue weighted by Crippen LogP contribution is 2.27. The van der Waals surface area contributed by atoms with Crippen LogP contribution in [-0.4, -0.2) is 12.6 Å². The third-order valence-electron chi connectivity index (χ3n) is 2.89. The zero-order valence-electron chi connectivity index (χ0n) is 9.71. The van der Waals surface area contributed by atoms with E-state index < -0.39 is 0 Å². The Hall–Kier alpha value is -0.790. The monoisotopic (exact) mass is 210 g/mol. The number of esters is 1. The van der Waals surface area contributed by atoms with Gasteiger partial charge in [-0.1, -0.05) is 38.3 Å². The maximum absolute atomic E-state index is 11.4. The van der Waals surface area contributed by atoms with E-state index in [1.54, 1.807) is 0 Å². The van der Waals surface area contributed by atoms with Crippen molar-refractivity contribution in [2.75, 3.05) is 6.61 Å². The van der Waals surface area contributed by atoms with Crippen molar-refractivity contribution < 1.29 is 9.53 Å². The molecule has 0 aromatic heterocycles. The Labute approximate surface area is 92.7 Å². The molecular formula is C13H22O2. The van der Waals surface area contributed by atoms with Crippen LogP contribution in [0.3, 0.4) is 0 Å². The van der Waals surface area contributed by atoms with Gasteiger partial charge in [-0.05, 0) is 25.2 Å². The highest BCUT2D eigenvalue weighted by molar-refractivity contribution is 5.69. The van der Waals surface area contributed by atoms with Crippen LogP contribution in [-0.2, 0) is 9.53 Å². The topological polar surface area (TPSA) is 26.3 Å². The molecule has 0 radical (unpaired) electrons. The number of hydrogen-bond acceptors (Lipinski definition) is 2. The summed E-state index contributed by atoms with van der Waals surface area (Å²) in [5.41, 5.74) is 0. The van der Waals surface area contributed by atoms with Crippen LogP contribution in [0.15, 0.2) is 12.2 Å². The molecule has 86 valence electrons. The van der Waals surface area contributed by atoms with Crippen molar-refractivity contribution in [3.8, 4) is 0 Å². The molecule has 0 spiro atoms. The third kappa shape index (κ3) is 5.60. The lowest BCUT2D eigenvalue weighted by Gasteiger charge is -2.07. The van der Waals surface area contributed by atoms with Gasteiger partial charge in [0.15, 0.2) is 0 Å². The van der Waals surface area contributed by atoms with E-state index in [0.717, 1.165) is 12.8 Å². The molecule has 1 aliphatic rings. The fourth-order valence-electron chi connectivity index (χ4n) is 2.00. The number of hydrogen-bond donors (Lipinski definition) is 0. The van der Waals surface area contributed by atoms with E-state index >= 15 is 0 Å². The number of carbonyl (C=O) groups is 1. The predicted octanol–water partition coefficient (Wildman–Crippen LogP) is 3.47. The van der Waals surface area contributed by atoms with Gasteiger partial charge in [0.1, 0.15) is 6.61 Å².